The van der Waals surface area contributed by atoms with Gasteiger partial charge in [0.2, 0.25) is 0 Å². The van der Waals surface area contributed by atoms with Crippen molar-refractivity contribution in [3.05, 3.63) is 99.2 Å². The van der Waals surface area contributed by atoms with Crippen molar-refractivity contribution >= 4 is 38.8 Å². The van der Waals surface area contributed by atoms with Crippen molar-refractivity contribution in [1.82, 2.24) is 4.40 Å². The molecule has 2 aromatic heterocycles. The summed E-state index contributed by atoms with van der Waals surface area (Å²) in [5.41, 5.74) is 3.62. The van der Waals surface area contributed by atoms with Gasteiger partial charge in [-0.2, -0.15) is 5.26 Å². The number of rotatable bonds is 3. The number of ketones is 1. The zero-order valence-corrected chi connectivity index (χ0v) is 16.3. The fourth-order valence-corrected chi connectivity index (χ4v) is 3.58. The van der Waals surface area contributed by atoms with E-state index in [1.54, 1.807) is 34.9 Å². The van der Waals surface area contributed by atoms with Gasteiger partial charge in [0.05, 0.1) is 11.1 Å². The average Bonchev–Trinajstić information content (AvgIpc) is 3.03. The van der Waals surface area contributed by atoms with E-state index < -0.39 is 0 Å². The van der Waals surface area contributed by atoms with Crippen molar-refractivity contribution in [3.8, 4) is 17.2 Å². The van der Waals surface area contributed by atoms with Gasteiger partial charge in [-0.15, -0.1) is 0 Å². The van der Waals surface area contributed by atoms with E-state index in [9.17, 15) is 10.1 Å². The highest BCUT2D eigenvalue weighted by Gasteiger charge is 2.25. The maximum absolute atomic E-state index is 13.4. The minimum Gasteiger partial charge on any atom is -0.307 e. The highest BCUT2D eigenvalue weighted by Crippen LogP contribution is 2.35. The molecular weight excluding hydrogens is 424 g/mol. The van der Waals surface area contributed by atoms with Gasteiger partial charge < -0.3 is 4.40 Å². The number of hydrogen-bond acceptors (Lipinski definition) is 2. The molecule has 0 aliphatic carbocycles. The molecule has 0 aliphatic heterocycles. The first-order valence-electron chi connectivity index (χ1n) is 8.19. The van der Waals surface area contributed by atoms with Crippen LogP contribution in [0.15, 0.2) is 77.4 Å². The van der Waals surface area contributed by atoms with E-state index in [2.05, 4.69) is 22.0 Å². The lowest BCUT2D eigenvalue weighted by Gasteiger charge is -2.06. The van der Waals surface area contributed by atoms with Crippen LogP contribution in [0.5, 0.6) is 0 Å². The van der Waals surface area contributed by atoms with E-state index in [1.807, 2.05) is 42.5 Å². The molecule has 0 fully saturated rings. The quantitative estimate of drug-likeness (QED) is 0.364. The summed E-state index contributed by atoms with van der Waals surface area (Å²) >= 11 is 9.42. The van der Waals surface area contributed by atoms with Crippen LogP contribution in [0.2, 0.25) is 5.02 Å². The summed E-state index contributed by atoms with van der Waals surface area (Å²) in [4.78, 5) is 13.4. The number of benzene rings is 2. The topological polar surface area (TPSA) is 45.3 Å². The normalized spacial score (nSPS) is 10.7. The highest BCUT2D eigenvalue weighted by atomic mass is 79.9. The SMILES string of the molecule is N#Cc1c(C(=O)c2ccc(Br)cc2)c(-c2ccc(Cl)cc2)c2ccccn12. The maximum atomic E-state index is 13.4. The van der Waals surface area contributed by atoms with E-state index >= 15 is 0 Å². The lowest BCUT2D eigenvalue weighted by Crippen LogP contribution is -2.04. The predicted octanol–water partition coefficient (Wildman–Crippen LogP) is 6.12. The lowest BCUT2D eigenvalue weighted by atomic mass is 9.95. The summed E-state index contributed by atoms with van der Waals surface area (Å²) in [5, 5.41) is 10.4. The highest BCUT2D eigenvalue weighted by molar-refractivity contribution is 9.10. The number of halogens is 2. The van der Waals surface area contributed by atoms with E-state index in [-0.39, 0.29) is 5.78 Å². The Bertz CT molecular complexity index is 1200. The first-order chi connectivity index (χ1) is 13.1. The molecule has 2 aromatic carbocycles. The number of carbonyl (C=O) groups excluding carboxylic acids is 1. The number of carbonyl (C=O) groups is 1. The largest absolute Gasteiger partial charge is 0.307 e. The third-order valence-electron chi connectivity index (χ3n) is 4.42. The van der Waals surface area contributed by atoms with Crippen molar-refractivity contribution < 1.29 is 4.79 Å². The molecule has 0 unspecified atom stereocenters. The molecule has 4 aromatic rings. The van der Waals surface area contributed by atoms with E-state index in [4.69, 9.17) is 11.6 Å². The first-order valence-corrected chi connectivity index (χ1v) is 9.36. The van der Waals surface area contributed by atoms with Crippen molar-refractivity contribution in [2.75, 3.05) is 0 Å². The molecule has 130 valence electrons. The van der Waals surface area contributed by atoms with Gasteiger partial charge in [-0.3, -0.25) is 4.79 Å². The average molecular weight is 436 g/mol. The van der Waals surface area contributed by atoms with Gasteiger partial charge in [0.1, 0.15) is 11.8 Å². The molecule has 27 heavy (non-hydrogen) atoms. The van der Waals surface area contributed by atoms with Gasteiger partial charge in [-0.05, 0) is 54.1 Å². The standard InChI is InChI=1S/C22H12BrClN2O/c23-16-8-4-15(5-9-16)22(27)21-19(13-25)26-12-2-1-3-18(26)20(21)14-6-10-17(24)11-7-14/h1-12H. The molecule has 0 bridgehead atoms. The van der Waals surface area contributed by atoms with Gasteiger partial charge in [-0.25, -0.2) is 0 Å². The molecule has 0 atom stereocenters. The Balaban J connectivity index is 2.05. The second kappa shape index (κ2) is 7.03. The van der Waals surface area contributed by atoms with Crippen LogP contribution in [-0.2, 0) is 0 Å². The molecule has 0 amide bonds. The molecule has 0 spiro atoms. The minimum atomic E-state index is -0.187. The zero-order chi connectivity index (χ0) is 19.0. The number of aromatic nitrogens is 1. The fraction of sp³-hybridized carbons (Fsp3) is 0. The fourth-order valence-electron chi connectivity index (χ4n) is 3.19. The Kier molecular flexibility index (Phi) is 4.57. The van der Waals surface area contributed by atoms with Crippen LogP contribution in [0.25, 0.3) is 16.6 Å². The summed E-state index contributed by atoms with van der Waals surface area (Å²) in [6.07, 6.45) is 1.80. The van der Waals surface area contributed by atoms with Crippen LogP contribution in [-0.4, -0.2) is 10.2 Å². The third-order valence-corrected chi connectivity index (χ3v) is 5.20. The van der Waals surface area contributed by atoms with Crippen molar-refractivity contribution in [1.29, 1.82) is 5.26 Å². The summed E-state index contributed by atoms with van der Waals surface area (Å²) in [5.74, 6) is -0.187. The molecule has 5 heteroatoms. The number of nitrogens with zero attached hydrogens (tertiary/aromatic N) is 2. The minimum absolute atomic E-state index is 0.187. The van der Waals surface area contributed by atoms with Crippen molar-refractivity contribution in [3.63, 3.8) is 0 Å². The number of nitriles is 1. The Morgan fingerprint density at radius 1 is 1.00 bits per heavy atom. The van der Waals surface area contributed by atoms with E-state index in [1.165, 1.54) is 0 Å². The lowest BCUT2D eigenvalue weighted by molar-refractivity contribution is 0.103. The van der Waals surface area contributed by atoms with Crippen LogP contribution in [0.4, 0.5) is 0 Å². The van der Waals surface area contributed by atoms with E-state index in [0.717, 1.165) is 21.1 Å². The van der Waals surface area contributed by atoms with Gasteiger partial charge in [0.25, 0.3) is 0 Å². The van der Waals surface area contributed by atoms with Gasteiger partial charge in [-0.1, -0.05) is 45.7 Å². The van der Waals surface area contributed by atoms with Crippen LogP contribution >= 0.6 is 27.5 Å². The van der Waals surface area contributed by atoms with Gasteiger partial charge >= 0.3 is 0 Å². The molecule has 3 nitrogen and oxygen atoms in total. The zero-order valence-electron chi connectivity index (χ0n) is 14.0. The maximum Gasteiger partial charge on any atom is 0.196 e. The monoisotopic (exact) mass is 434 g/mol. The van der Waals surface area contributed by atoms with Crippen LogP contribution < -0.4 is 0 Å². The molecular formula is C22H12BrClN2O. The van der Waals surface area contributed by atoms with Gasteiger partial charge in [0, 0.05) is 26.8 Å². The summed E-state index contributed by atoms with van der Waals surface area (Å²) in [7, 11) is 0. The van der Waals surface area contributed by atoms with Gasteiger partial charge in [0.15, 0.2) is 5.78 Å². The number of fused-ring (bicyclic) bond motifs is 1. The van der Waals surface area contributed by atoms with E-state index in [0.29, 0.717) is 21.8 Å². The molecule has 0 aliphatic rings. The molecule has 0 radical (unpaired) electrons. The second-order valence-electron chi connectivity index (χ2n) is 6.01. The molecule has 4 rings (SSSR count). The van der Waals surface area contributed by atoms with Crippen LogP contribution in [0.1, 0.15) is 21.6 Å². The summed E-state index contributed by atoms with van der Waals surface area (Å²) in [6.45, 7) is 0. The Morgan fingerprint density at radius 3 is 2.37 bits per heavy atom. The second-order valence-corrected chi connectivity index (χ2v) is 7.36. The smallest absolute Gasteiger partial charge is 0.196 e. The number of hydrogen-bond donors (Lipinski definition) is 0. The summed E-state index contributed by atoms with van der Waals surface area (Å²) in [6, 6.07) is 22.3. The Labute approximate surface area is 169 Å². The molecule has 2 heterocycles. The number of pyridine rings is 1. The van der Waals surface area contributed by atoms with Crippen molar-refractivity contribution in [2.45, 2.75) is 0 Å². The molecule has 0 saturated carbocycles. The summed E-state index contributed by atoms with van der Waals surface area (Å²) < 4.78 is 2.65. The third kappa shape index (κ3) is 3.06. The first kappa shape index (κ1) is 17.5. The van der Waals surface area contributed by atoms with Crippen LogP contribution in [0.3, 0.4) is 0 Å². The van der Waals surface area contributed by atoms with Crippen molar-refractivity contribution in [2.24, 2.45) is 0 Å². The molecule has 0 saturated heterocycles. The predicted molar refractivity (Wildman–Crippen MR) is 110 cm³/mol. The Morgan fingerprint density at radius 2 is 1.70 bits per heavy atom. The van der Waals surface area contributed by atoms with Crippen LogP contribution in [0, 0.1) is 11.3 Å². The molecule has 0 N–H and O–H groups in total. The Hall–Kier alpha value is -2.87.